The smallest absolute Gasteiger partial charge is 0.337 e. The summed E-state index contributed by atoms with van der Waals surface area (Å²) < 4.78 is 17.8. The summed E-state index contributed by atoms with van der Waals surface area (Å²) in [5.41, 5.74) is 2.34. The SMILES string of the molecule is COC(=O)c1ccc(NC(=O)c2ccc(Nc3cccc(F)c3)cn2)cc1. The molecule has 0 saturated heterocycles. The number of hydrogen-bond donors (Lipinski definition) is 2. The highest BCUT2D eigenvalue weighted by atomic mass is 19.1. The van der Waals surface area contributed by atoms with Crippen LogP contribution in [0.25, 0.3) is 0 Å². The second kappa shape index (κ2) is 8.09. The molecular weight excluding hydrogens is 349 g/mol. The number of methoxy groups -OCH3 is 1. The van der Waals surface area contributed by atoms with Gasteiger partial charge in [-0.15, -0.1) is 0 Å². The molecule has 0 aliphatic rings. The van der Waals surface area contributed by atoms with Gasteiger partial charge in [0.25, 0.3) is 5.91 Å². The second-order valence-corrected chi connectivity index (χ2v) is 5.59. The molecule has 3 aromatic rings. The molecule has 0 radical (unpaired) electrons. The monoisotopic (exact) mass is 365 g/mol. The molecule has 0 saturated carbocycles. The van der Waals surface area contributed by atoms with Gasteiger partial charge in [-0.3, -0.25) is 4.79 Å². The van der Waals surface area contributed by atoms with Crippen LogP contribution in [-0.4, -0.2) is 24.0 Å². The maximum Gasteiger partial charge on any atom is 0.337 e. The summed E-state index contributed by atoms with van der Waals surface area (Å²) in [4.78, 5) is 27.8. The standard InChI is InChI=1S/C20H16FN3O3/c1-27-20(26)13-5-7-15(8-6-13)24-19(25)18-10-9-17(12-22-18)23-16-4-2-3-14(21)11-16/h2-12,23H,1H3,(H,24,25). The molecule has 0 bridgehead atoms. The quantitative estimate of drug-likeness (QED) is 0.668. The number of halogens is 1. The van der Waals surface area contributed by atoms with E-state index < -0.39 is 11.9 Å². The Morgan fingerprint density at radius 1 is 0.963 bits per heavy atom. The van der Waals surface area contributed by atoms with Crippen molar-refractivity contribution in [1.82, 2.24) is 4.98 Å². The van der Waals surface area contributed by atoms with Crippen molar-refractivity contribution in [3.63, 3.8) is 0 Å². The van der Waals surface area contributed by atoms with E-state index in [0.29, 0.717) is 22.6 Å². The summed E-state index contributed by atoms with van der Waals surface area (Å²) in [5.74, 6) is -1.18. The molecule has 0 fully saturated rings. The Labute approximate surface area is 155 Å². The largest absolute Gasteiger partial charge is 0.465 e. The van der Waals surface area contributed by atoms with Gasteiger partial charge >= 0.3 is 5.97 Å². The zero-order valence-electron chi connectivity index (χ0n) is 14.4. The number of esters is 1. The van der Waals surface area contributed by atoms with Gasteiger partial charge in [0.1, 0.15) is 11.5 Å². The van der Waals surface area contributed by atoms with Gasteiger partial charge in [0.2, 0.25) is 0 Å². The van der Waals surface area contributed by atoms with Crippen LogP contribution in [0.15, 0.2) is 66.9 Å². The summed E-state index contributed by atoms with van der Waals surface area (Å²) >= 11 is 0. The van der Waals surface area contributed by atoms with E-state index in [1.165, 1.54) is 25.4 Å². The molecule has 1 heterocycles. The Kier molecular flexibility index (Phi) is 5.41. The van der Waals surface area contributed by atoms with Crippen LogP contribution in [0.2, 0.25) is 0 Å². The molecule has 1 aromatic heterocycles. The molecule has 0 aliphatic heterocycles. The first-order valence-corrected chi connectivity index (χ1v) is 8.03. The van der Waals surface area contributed by atoms with E-state index in [2.05, 4.69) is 20.4 Å². The number of carbonyl (C=O) groups is 2. The topological polar surface area (TPSA) is 80.3 Å². The van der Waals surface area contributed by atoms with Crippen molar-refractivity contribution in [2.75, 3.05) is 17.7 Å². The fourth-order valence-corrected chi connectivity index (χ4v) is 2.34. The third-order valence-corrected chi connectivity index (χ3v) is 3.67. The Bertz CT molecular complexity index is 957. The number of carbonyl (C=O) groups excluding carboxylic acids is 2. The molecule has 2 N–H and O–H groups in total. The van der Waals surface area contributed by atoms with Crippen LogP contribution in [0.1, 0.15) is 20.8 Å². The number of ether oxygens (including phenoxy) is 1. The molecule has 6 nitrogen and oxygen atoms in total. The molecule has 0 atom stereocenters. The number of pyridine rings is 1. The highest BCUT2D eigenvalue weighted by Gasteiger charge is 2.09. The van der Waals surface area contributed by atoms with Crippen LogP contribution < -0.4 is 10.6 Å². The average molecular weight is 365 g/mol. The van der Waals surface area contributed by atoms with Crippen molar-refractivity contribution in [3.8, 4) is 0 Å². The Balaban J connectivity index is 1.64. The normalized spacial score (nSPS) is 10.1. The first-order valence-electron chi connectivity index (χ1n) is 8.03. The minimum Gasteiger partial charge on any atom is -0.465 e. The first-order chi connectivity index (χ1) is 13.0. The lowest BCUT2D eigenvalue weighted by Gasteiger charge is -2.08. The lowest BCUT2D eigenvalue weighted by atomic mass is 10.2. The highest BCUT2D eigenvalue weighted by Crippen LogP contribution is 2.17. The predicted molar refractivity (Wildman–Crippen MR) is 99.7 cm³/mol. The van der Waals surface area contributed by atoms with Crippen LogP contribution in [0.4, 0.5) is 21.5 Å². The second-order valence-electron chi connectivity index (χ2n) is 5.59. The van der Waals surface area contributed by atoms with E-state index in [4.69, 9.17) is 0 Å². The first kappa shape index (κ1) is 18.1. The van der Waals surface area contributed by atoms with Gasteiger partial charge in [-0.05, 0) is 54.6 Å². The summed E-state index contributed by atoms with van der Waals surface area (Å²) in [7, 11) is 1.30. The number of nitrogens with zero attached hydrogens (tertiary/aromatic N) is 1. The maximum atomic E-state index is 13.2. The molecule has 7 heteroatoms. The van der Waals surface area contributed by atoms with Crippen molar-refractivity contribution in [1.29, 1.82) is 0 Å². The zero-order chi connectivity index (χ0) is 19.2. The van der Waals surface area contributed by atoms with Crippen LogP contribution in [0.3, 0.4) is 0 Å². The number of benzene rings is 2. The summed E-state index contributed by atoms with van der Waals surface area (Å²) in [5, 5.41) is 5.70. The molecule has 0 unspecified atom stereocenters. The third-order valence-electron chi connectivity index (χ3n) is 3.67. The number of rotatable bonds is 5. The van der Waals surface area contributed by atoms with E-state index in [1.54, 1.807) is 48.5 Å². The van der Waals surface area contributed by atoms with Crippen LogP contribution >= 0.6 is 0 Å². The molecule has 0 spiro atoms. The molecule has 0 aliphatic carbocycles. The van der Waals surface area contributed by atoms with E-state index >= 15 is 0 Å². The van der Waals surface area contributed by atoms with Crippen molar-refractivity contribution >= 4 is 28.9 Å². The summed E-state index contributed by atoms with van der Waals surface area (Å²) in [6.45, 7) is 0. The lowest BCUT2D eigenvalue weighted by molar-refractivity contribution is 0.0600. The van der Waals surface area contributed by atoms with E-state index in [0.717, 1.165) is 0 Å². The summed E-state index contributed by atoms with van der Waals surface area (Å²) in [6, 6.07) is 15.6. The van der Waals surface area contributed by atoms with Crippen LogP contribution in [0, 0.1) is 5.82 Å². The Morgan fingerprint density at radius 3 is 2.33 bits per heavy atom. The molecule has 27 heavy (non-hydrogen) atoms. The summed E-state index contributed by atoms with van der Waals surface area (Å²) in [6.07, 6.45) is 1.49. The van der Waals surface area contributed by atoms with Gasteiger partial charge in [0.15, 0.2) is 0 Å². The molecule has 3 rings (SSSR count). The van der Waals surface area contributed by atoms with Gasteiger partial charge in [0.05, 0.1) is 24.6 Å². The minimum absolute atomic E-state index is 0.219. The van der Waals surface area contributed by atoms with E-state index in [-0.39, 0.29) is 11.5 Å². The average Bonchev–Trinajstić information content (AvgIpc) is 2.68. The van der Waals surface area contributed by atoms with Crippen molar-refractivity contribution < 1.29 is 18.7 Å². The van der Waals surface area contributed by atoms with Gasteiger partial charge in [-0.1, -0.05) is 6.07 Å². The number of hydrogen-bond acceptors (Lipinski definition) is 5. The lowest BCUT2D eigenvalue weighted by Crippen LogP contribution is -2.13. The zero-order valence-corrected chi connectivity index (χ0v) is 14.4. The highest BCUT2D eigenvalue weighted by molar-refractivity contribution is 6.03. The predicted octanol–water partition coefficient (Wildman–Crippen LogP) is 4.00. The number of nitrogens with one attached hydrogen (secondary N) is 2. The van der Waals surface area contributed by atoms with Gasteiger partial charge in [-0.25, -0.2) is 14.2 Å². The van der Waals surface area contributed by atoms with Gasteiger partial charge in [0, 0.05) is 11.4 Å². The molecule has 136 valence electrons. The maximum absolute atomic E-state index is 13.2. The molecule has 1 amide bonds. The Hall–Kier alpha value is -3.74. The molecular formula is C20H16FN3O3. The minimum atomic E-state index is -0.448. The Morgan fingerprint density at radius 2 is 1.70 bits per heavy atom. The number of aromatic nitrogens is 1. The van der Waals surface area contributed by atoms with E-state index in [9.17, 15) is 14.0 Å². The van der Waals surface area contributed by atoms with Crippen LogP contribution in [-0.2, 0) is 4.74 Å². The van der Waals surface area contributed by atoms with E-state index in [1.807, 2.05) is 0 Å². The third kappa shape index (κ3) is 4.66. The fraction of sp³-hybridized carbons (Fsp3) is 0.0500. The van der Waals surface area contributed by atoms with Crippen molar-refractivity contribution in [2.45, 2.75) is 0 Å². The fourth-order valence-electron chi connectivity index (χ4n) is 2.34. The number of anilines is 3. The van der Waals surface area contributed by atoms with Gasteiger partial charge in [-0.2, -0.15) is 0 Å². The van der Waals surface area contributed by atoms with Crippen LogP contribution in [0.5, 0.6) is 0 Å². The van der Waals surface area contributed by atoms with Crippen molar-refractivity contribution in [2.24, 2.45) is 0 Å². The number of amides is 1. The van der Waals surface area contributed by atoms with Crippen molar-refractivity contribution in [3.05, 3.63) is 83.9 Å². The van der Waals surface area contributed by atoms with Gasteiger partial charge < -0.3 is 15.4 Å². The molecule has 2 aromatic carbocycles.